The number of thioether (sulfide) groups is 2. The maximum Gasteiger partial charge on any atom is 0.512 e. The number of nitrogens with zero attached hydrogens (tertiary/aromatic N) is 7. The van der Waals surface area contributed by atoms with E-state index in [2.05, 4.69) is 30.9 Å². The molecular weight excluding hydrogens is 562 g/mol. The molecule has 2 aromatic rings. The SMILES string of the molecule is CC(Sc1nn[nH]n1)C1=C(OC(=O)O)N2C(=O)C(N(C(=O)C(=N)c3csc(N)n3)N3CCNC3=O)[C@@H]2SC1. The van der Waals surface area contributed by atoms with Crippen molar-refractivity contribution in [1.82, 2.24) is 45.8 Å². The normalized spacial score (nSPS) is 21.5. The molecule has 0 aromatic carbocycles. The first kappa shape index (κ1) is 25.7. The van der Waals surface area contributed by atoms with E-state index in [0.717, 1.165) is 26.3 Å². The average molecular weight is 582 g/mol. The minimum Gasteiger partial charge on any atom is -0.449 e. The number of tetrazole rings is 1. The summed E-state index contributed by atoms with van der Waals surface area (Å²) in [7, 11) is 0. The van der Waals surface area contributed by atoms with Gasteiger partial charge in [0.1, 0.15) is 16.8 Å². The lowest BCUT2D eigenvalue weighted by molar-refractivity contribution is -0.170. The molecule has 20 heteroatoms. The fourth-order valence-electron chi connectivity index (χ4n) is 4.05. The minimum absolute atomic E-state index is 0.00595. The van der Waals surface area contributed by atoms with Gasteiger partial charge in [0.2, 0.25) is 11.0 Å². The zero-order chi connectivity index (χ0) is 27.1. The molecule has 3 aliphatic heterocycles. The van der Waals surface area contributed by atoms with Gasteiger partial charge in [-0.25, -0.2) is 24.6 Å². The van der Waals surface area contributed by atoms with Gasteiger partial charge in [-0.2, -0.15) is 5.21 Å². The van der Waals surface area contributed by atoms with Crippen molar-refractivity contribution < 1.29 is 29.0 Å². The van der Waals surface area contributed by atoms with Crippen LogP contribution in [0.5, 0.6) is 0 Å². The Hall–Kier alpha value is -3.91. The van der Waals surface area contributed by atoms with Crippen LogP contribution >= 0.6 is 34.9 Å². The Kier molecular flexibility index (Phi) is 6.84. The summed E-state index contributed by atoms with van der Waals surface area (Å²) in [5.41, 5.74) is 5.60. The summed E-state index contributed by atoms with van der Waals surface area (Å²) < 4.78 is 5.05. The van der Waals surface area contributed by atoms with Crippen LogP contribution in [0.3, 0.4) is 0 Å². The number of aromatic amines is 1. The van der Waals surface area contributed by atoms with Gasteiger partial charge in [-0.15, -0.1) is 33.3 Å². The molecule has 6 N–H and O–H groups in total. The summed E-state index contributed by atoms with van der Waals surface area (Å²) in [6, 6.07) is -1.82. The third kappa shape index (κ3) is 4.49. The number of carbonyl (C=O) groups is 4. The van der Waals surface area contributed by atoms with E-state index >= 15 is 0 Å². The van der Waals surface area contributed by atoms with Crippen LogP contribution < -0.4 is 11.1 Å². The van der Waals surface area contributed by atoms with E-state index in [9.17, 15) is 24.3 Å². The minimum atomic E-state index is -1.62. The second-order valence-corrected chi connectivity index (χ2v) is 11.3. The van der Waals surface area contributed by atoms with Gasteiger partial charge in [-0.3, -0.25) is 19.9 Å². The van der Waals surface area contributed by atoms with Crippen molar-refractivity contribution in [3.8, 4) is 0 Å². The van der Waals surface area contributed by atoms with E-state index in [4.69, 9.17) is 15.9 Å². The van der Waals surface area contributed by atoms with Crippen molar-refractivity contribution in [2.75, 3.05) is 24.6 Å². The van der Waals surface area contributed by atoms with Crippen LogP contribution in [0.4, 0.5) is 14.7 Å². The molecule has 17 nitrogen and oxygen atoms in total. The summed E-state index contributed by atoms with van der Waals surface area (Å²) in [6.07, 6.45) is -1.62. The van der Waals surface area contributed by atoms with Gasteiger partial charge < -0.3 is 20.9 Å². The Morgan fingerprint density at radius 3 is 2.82 bits per heavy atom. The lowest BCUT2D eigenvalue weighted by atomic mass is 10.0. The molecular formula is C18H19N11O6S3. The lowest BCUT2D eigenvalue weighted by Gasteiger charge is -2.53. The van der Waals surface area contributed by atoms with Gasteiger partial charge in [0, 0.05) is 28.5 Å². The molecule has 0 spiro atoms. The van der Waals surface area contributed by atoms with Crippen LogP contribution in [0, 0.1) is 5.41 Å². The van der Waals surface area contributed by atoms with Crippen LogP contribution in [0.2, 0.25) is 0 Å². The molecule has 2 aromatic heterocycles. The molecule has 200 valence electrons. The van der Waals surface area contributed by atoms with Crippen LogP contribution in [0.1, 0.15) is 12.6 Å². The topological polar surface area (TPSA) is 237 Å². The molecule has 3 aliphatic rings. The fraction of sp³-hybridized carbons (Fsp3) is 0.389. The lowest BCUT2D eigenvalue weighted by Crippen LogP contribution is -2.74. The highest BCUT2D eigenvalue weighted by Crippen LogP contribution is 2.45. The number of carboxylic acid groups (broad SMARTS) is 1. The molecule has 0 saturated carbocycles. The quantitative estimate of drug-likeness (QED) is 0.117. The summed E-state index contributed by atoms with van der Waals surface area (Å²) in [4.78, 5) is 56.3. The number of carbonyl (C=O) groups excluding carboxylic acids is 3. The Bertz CT molecular complexity index is 1350. The number of β-lactam (4-membered cyclic amide) rings is 1. The maximum absolute atomic E-state index is 13.5. The molecule has 2 fully saturated rings. The van der Waals surface area contributed by atoms with E-state index in [0.29, 0.717) is 10.7 Å². The number of thiazole rings is 1. The van der Waals surface area contributed by atoms with Crippen molar-refractivity contribution in [3.63, 3.8) is 0 Å². The van der Waals surface area contributed by atoms with Gasteiger partial charge in [-0.1, -0.05) is 11.8 Å². The Morgan fingerprint density at radius 2 is 2.21 bits per heavy atom. The molecule has 5 rings (SSSR count). The highest BCUT2D eigenvalue weighted by Gasteiger charge is 2.59. The predicted molar refractivity (Wildman–Crippen MR) is 133 cm³/mol. The van der Waals surface area contributed by atoms with Gasteiger partial charge in [0.15, 0.2) is 11.2 Å². The number of rotatable bonds is 8. The number of aromatic nitrogens is 5. The van der Waals surface area contributed by atoms with Crippen LogP contribution in [-0.2, 0) is 14.3 Å². The Labute approximate surface area is 225 Å². The number of nitrogens with one attached hydrogen (secondary N) is 3. The number of anilines is 1. The van der Waals surface area contributed by atoms with E-state index in [1.54, 1.807) is 6.92 Å². The second kappa shape index (κ2) is 10.1. The maximum atomic E-state index is 13.5. The van der Waals surface area contributed by atoms with Crippen molar-refractivity contribution in [1.29, 1.82) is 5.41 Å². The first-order chi connectivity index (χ1) is 18.2. The second-order valence-electron chi connectivity index (χ2n) is 7.96. The van der Waals surface area contributed by atoms with E-state index in [1.807, 2.05) is 0 Å². The Morgan fingerprint density at radius 1 is 1.42 bits per heavy atom. The molecule has 5 heterocycles. The van der Waals surface area contributed by atoms with Gasteiger partial charge in [0.05, 0.1) is 6.54 Å². The number of urea groups is 1. The summed E-state index contributed by atoms with van der Waals surface area (Å²) in [5, 5.41) is 36.7. The molecule has 0 radical (unpaired) electrons. The van der Waals surface area contributed by atoms with Crippen LogP contribution in [-0.4, -0.2) is 111 Å². The molecule has 3 atom stereocenters. The van der Waals surface area contributed by atoms with Crippen LogP contribution in [0.15, 0.2) is 22.0 Å². The number of H-pyrrole nitrogens is 1. The number of nitrogen functional groups attached to an aromatic ring is 1. The number of hydrazine groups is 1. The van der Waals surface area contributed by atoms with Gasteiger partial charge in [-0.05, 0) is 12.1 Å². The molecule has 0 bridgehead atoms. The van der Waals surface area contributed by atoms with E-state index in [1.165, 1.54) is 28.9 Å². The van der Waals surface area contributed by atoms with Gasteiger partial charge >= 0.3 is 12.2 Å². The summed E-state index contributed by atoms with van der Waals surface area (Å²) in [5.74, 6) is -1.53. The third-order valence-electron chi connectivity index (χ3n) is 5.76. The molecule has 38 heavy (non-hydrogen) atoms. The van der Waals surface area contributed by atoms with E-state index < -0.39 is 46.4 Å². The zero-order valence-corrected chi connectivity index (χ0v) is 21.8. The van der Waals surface area contributed by atoms with Crippen molar-refractivity contribution in [2.24, 2.45) is 0 Å². The largest absolute Gasteiger partial charge is 0.512 e. The molecule has 0 aliphatic carbocycles. The average Bonchev–Trinajstić information content (AvgIpc) is 3.63. The summed E-state index contributed by atoms with van der Waals surface area (Å²) in [6.45, 7) is 2.08. The zero-order valence-electron chi connectivity index (χ0n) is 19.4. The third-order valence-corrected chi connectivity index (χ3v) is 8.74. The molecule has 4 amide bonds. The van der Waals surface area contributed by atoms with Crippen LogP contribution in [0.25, 0.3) is 0 Å². The fourth-order valence-corrected chi connectivity index (χ4v) is 7.02. The standard InChI is InChI=1S/C18H19N11O6S3/c1-6(38-16-23-25-26-24-16)7-4-36-14-10(12(31)28(14)13(7)35-18(33)34)29(27-3-2-21-17(27)32)11(30)9(19)8-5-37-15(20)22-8/h5-6,10,14,19H,2-4H2,1H3,(H2,20,22)(H,21,32)(H,33,34)(H,23,24,25,26)/t6?,10?,14-/m0/s1. The highest BCUT2D eigenvalue weighted by atomic mass is 32.2. The number of hydrogen-bond donors (Lipinski definition) is 5. The van der Waals surface area contributed by atoms with Crippen molar-refractivity contribution in [2.45, 2.75) is 28.7 Å². The van der Waals surface area contributed by atoms with Gasteiger partial charge in [0.25, 0.3) is 11.8 Å². The monoisotopic (exact) mass is 581 g/mol. The number of hydrogen-bond acceptors (Lipinski definition) is 14. The predicted octanol–water partition coefficient (Wildman–Crippen LogP) is -0.254. The highest BCUT2D eigenvalue weighted by molar-refractivity contribution is 8.01. The number of ether oxygens (including phenoxy) is 1. The number of fused-ring (bicyclic) bond motifs is 1. The molecule has 2 saturated heterocycles. The smallest absolute Gasteiger partial charge is 0.449 e. The van der Waals surface area contributed by atoms with E-state index in [-0.39, 0.29) is 35.6 Å². The number of nitrogens with two attached hydrogens (primary N) is 1. The number of amides is 4. The van der Waals surface area contributed by atoms with Crippen molar-refractivity contribution in [3.05, 3.63) is 22.5 Å². The first-order valence-electron chi connectivity index (χ1n) is 10.8. The summed E-state index contributed by atoms with van der Waals surface area (Å²) >= 11 is 3.49. The Balaban J connectivity index is 1.46. The first-order valence-corrected chi connectivity index (χ1v) is 13.7. The van der Waals surface area contributed by atoms with Crippen molar-refractivity contribution >= 4 is 69.7 Å². The molecule has 2 unspecified atom stereocenters.